The number of aliphatic carboxylic acids is 1. The average molecular weight is 595 g/mol. The summed E-state index contributed by atoms with van der Waals surface area (Å²) in [6, 6.07) is -0.664. The average Bonchev–Trinajstić information content (AvgIpc) is 3.33. The van der Waals surface area contributed by atoms with Crippen LogP contribution < -0.4 is 16.8 Å². The van der Waals surface area contributed by atoms with Crippen LogP contribution in [0.25, 0.3) is 0 Å². The Kier molecular flexibility index (Phi) is 9.24. The van der Waals surface area contributed by atoms with E-state index in [1.54, 1.807) is 30.2 Å². The molecular formula is C21H22N8O5S4. The number of nitrogens with zero attached hydrogens (tertiary/aromatic N) is 5. The maximum absolute atomic E-state index is 13.0. The summed E-state index contributed by atoms with van der Waals surface area (Å²) in [5.74, 6) is -0.911. The normalized spacial score (nSPS) is 19.7. The van der Waals surface area contributed by atoms with E-state index >= 15 is 0 Å². The Morgan fingerprint density at radius 2 is 2.24 bits per heavy atom. The molecule has 3 atom stereocenters. The molecule has 38 heavy (non-hydrogen) atoms. The Morgan fingerprint density at radius 3 is 2.92 bits per heavy atom. The van der Waals surface area contributed by atoms with Crippen LogP contribution in [0.3, 0.4) is 0 Å². The van der Waals surface area contributed by atoms with Gasteiger partial charge in [-0.3, -0.25) is 24.5 Å². The van der Waals surface area contributed by atoms with Crippen molar-refractivity contribution in [2.75, 3.05) is 23.8 Å². The molecule has 13 nitrogen and oxygen atoms in total. The number of rotatable bonds is 12. The summed E-state index contributed by atoms with van der Waals surface area (Å²) in [6.07, 6.45) is 4.62. The molecule has 0 aromatic carbocycles. The summed E-state index contributed by atoms with van der Waals surface area (Å²) in [6.45, 7) is 0.590. The van der Waals surface area contributed by atoms with E-state index in [0.29, 0.717) is 23.0 Å². The maximum Gasteiger partial charge on any atom is 0.353 e. The molecule has 0 spiro atoms. The Labute approximate surface area is 233 Å². The number of β-lactam (4-membered cyclic amide) rings is 1. The Morgan fingerprint density at radius 1 is 1.42 bits per heavy atom. The summed E-state index contributed by atoms with van der Waals surface area (Å²) in [5.41, 5.74) is 11.7. The minimum absolute atomic E-state index is 0.0863. The van der Waals surface area contributed by atoms with Crippen molar-refractivity contribution in [3.63, 3.8) is 0 Å². The quantitative estimate of drug-likeness (QED) is 0.0909. The minimum atomic E-state index is -1.47. The number of aromatic nitrogens is 2. The van der Waals surface area contributed by atoms with Crippen molar-refractivity contribution < 1.29 is 19.5 Å². The van der Waals surface area contributed by atoms with Gasteiger partial charge in [-0.2, -0.15) is 11.8 Å². The molecule has 6 N–H and O–H groups in total. The first-order valence-corrected chi connectivity index (χ1v) is 14.9. The fourth-order valence-corrected chi connectivity index (χ4v) is 7.76. The first kappa shape index (κ1) is 27.9. The number of thiazole rings is 1. The van der Waals surface area contributed by atoms with Crippen molar-refractivity contribution in [3.8, 4) is 0 Å². The van der Waals surface area contributed by atoms with Crippen LogP contribution in [0.1, 0.15) is 17.3 Å². The van der Waals surface area contributed by atoms with Crippen molar-refractivity contribution in [2.24, 2.45) is 15.9 Å². The van der Waals surface area contributed by atoms with E-state index in [-0.39, 0.29) is 16.5 Å². The number of carboxylic acid groups (broad SMARTS) is 1. The highest BCUT2D eigenvalue weighted by Gasteiger charge is 2.54. The van der Waals surface area contributed by atoms with Gasteiger partial charge in [0.05, 0.1) is 12.0 Å². The molecule has 0 radical (unpaired) electrons. The number of hydrogen-bond acceptors (Lipinski definition) is 13. The summed E-state index contributed by atoms with van der Waals surface area (Å²) in [7, 11) is 0. The van der Waals surface area contributed by atoms with Gasteiger partial charge in [0, 0.05) is 51.4 Å². The van der Waals surface area contributed by atoms with Crippen molar-refractivity contribution in [1.29, 1.82) is 0 Å². The molecular weight excluding hydrogens is 573 g/mol. The fourth-order valence-electron chi connectivity index (χ4n) is 3.69. The number of fused-ring (bicyclic) bond motifs is 1. The van der Waals surface area contributed by atoms with Gasteiger partial charge in [0.1, 0.15) is 17.1 Å². The van der Waals surface area contributed by atoms with Crippen LogP contribution in [0.4, 0.5) is 5.13 Å². The third-order valence-corrected chi connectivity index (χ3v) is 9.77. The molecule has 2 aliphatic heterocycles. The highest BCUT2D eigenvalue weighted by molar-refractivity contribution is 8.06. The summed E-state index contributed by atoms with van der Waals surface area (Å²) in [5, 5.41) is 16.3. The molecule has 1 fully saturated rings. The number of nitroso groups, excluding NO2 is 1. The SMILES string of the molecule is NC=NCCSCc1cnccc1SC1=C(C(=O)O)N2C(=O)[C@@H](NC(=O)C(N=O)c3csc(N)n3)[C@@H]2SC1. The highest BCUT2D eigenvalue weighted by atomic mass is 32.2. The Balaban J connectivity index is 1.48. The van der Waals surface area contributed by atoms with Gasteiger partial charge in [-0.1, -0.05) is 11.8 Å². The van der Waals surface area contributed by atoms with Crippen LogP contribution in [0.15, 0.2) is 49.5 Å². The van der Waals surface area contributed by atoms with Gasteiger partial charge in [-0.05, 0) is 16.8 Å². The zero-order valence-corrected chi connectivity index (χ0v) is 22.8. The van der Waals surface area contributed by atoms with E-state index in [4.69, 9.17) is 11.5 Å². The van der Waals surface area contributed by atoms with Crippen molar-refractivity contribution in [2.45, 2.75) is 28.1 Å². The van der Waals surface area contributed by atoms with E-state index in [1.807, 2.05) is 0 Å². The molecule has 2 aliphatic rings. The van der Waals surface area contributed by atoms with Crippen molar-refractivity contribution in [1.82, 2.24) is 20.2 Å². The first-order valence-electron chi connectivity index (χ1n) is 11.0. The van der Waals surface area contributed by atoms with E-state index in [2.05, 4.69) is 25.5 Å². The predicted molar refractivity (Wildman–Crippen MR) is 149 cm³/mol. The number of carbonyl (C=O) groups excluding carboxylic acids is 2. The number of aliphatic imine (C=N–C) groups is 1. The summed E-state index contributed by atoms with van der Waals surface area (Å²) in [4.78, 5) is 63.8. The number of anilines is 1. The molecule has 200 valence electrons. The molecule has 1 saturated heterocycles. The van der Waals surface area contributed by atoms with Gasteiger partial charge in [0.2, 0.25) is 6.04 Å². The van der Waals surface area contributed by atoms with Crippen LogP contribution >= 0.6 is 46.6 Å². The van der Waals surface area contributed by atoms with Crippen LogP contribution in [-0.4, -0.2) is 73.6 Å². The first-order chi connectivity index (χ1) is 18.3. The number of pyridine rings is 1. The number of hydrogen-bond donors (Lipinski definition) is 4. The number of nitrogens with one attached hydrogen (secondary N) is 1. The van der Waals surface area contributed by atoms with E-state index in [0.717, 1.165) is 27.5 Å². The second-order valence-electron chi connectivity index (χ2n) is 7.78. The standard InChI is InChI=1S/C21H22N8O5S4/c22-9-25-3-4-35-6-10-5-24-2-1-12(10)38-13-8-36-19-15(18(31)29(19)16(13)20(32)33)27-17(30)14(28-34)11-7-37-21(23)26-11/h1-2,5,7,9,14-15,19H,3-4,6,8H2,(H2,22,25)(H2,23,26)(H,27,30)(H,32,33)/t14?,15-,19+/m1/s1. The second kappa shape index (κ2) is 12.6. The van der Waals surface area contributed by atoms with Gasteiger partial charge in [-0.25, -0.2) is 9.78 Å². The topological polar surface area (TPSA) is 206 Å². The van der Waals surface area contributed by atoms with Crippen LogP contribution in [0.2, 0.25) is 0 Å². The molecule has 2 aromatic heterocycles. The van der Waals surface area contributed by atoms with E-state index in [9.17, 15) is 24.4 Å². The highest BCUT2D eigenvalue weighted by Crippen LogP contribution is 2.46. The zero-order valence-electron chi connectivity index (χ0n) is 19.6. The smallest absolute Gasteiger partial charge is 0.353 e. The zero-order chi connectivity index (χ0) is 27.2. The predicted octanol–water partition coefficient (Wildman–Crippen LogP) is 1.64. The van der Waals surface area contributed by atoms with Gasteiger partial charge in [0.15, 0.2) is 5.13 Å². The van der Waals surface area contributed by atoms with E-state index < -0.39 is 35.2 Å². The lowest BCUT2D eigenvalue weighted by Crippen LogP contribution is -2.70. The summed E-state index contributed by atoms with van der Waals surface area (Å²) >= 11 is 5.31. The second-order valence-corrected chi connectivity index (χ2v) is 12.0. The fraction of sp³-hybridized carbons (Fsp3) is 0.333. The third-order valence-electron chi connectivity index (χ3n) is 5.43. The molecule has 2 amide bonds. The Bertz CT molecular complexity index is 1300. The number of carboxylic acids is 1. The van der Waals surface area contributed by atoms with Crippen molar-refractivity contribution in [3.05, 3.63) is 50.6 Å². The number of carbonyl (C=O) groups is 3. The summed E-state index contributed by atoms with van der Waals surface area (Å²) < 4.78 is 0. The largest absolute Gasteiger partial charge is 0.477 e. The molecule has 0 saturated carbocycles. The lowest BCUT2D eigenvalue weighted by Gasteiger charge is -2.49. The Hall–Kier alpha value is -3.15. The molecule has 4 heterocycles. The minimum Gasteiger partial charge on any atom is -0.477 e. The van der Waals surface area contributed by atoms with Gasteiger partial charge in [0.25, 0.3) is 11.8 Å². The molecule has 17 heteroatoms. The molecule has 0 bridgehead atoms. The maximum atomic E-state index is 13.0. The van der Waals surface area contributed by atoms with Crippen LogP contribution in [0.5, 0.6) is 0 Å². The van der Waals surface area contributed by atoms with Gasteiger partial charge >= 0.3 is 5.97 Å². The molecule has 1 unspecified atom stereocenters. The number of nitrogen functional groups attached to an aromatic ring is 1. The molecule has 4 rings (SSSR count). The third kappa shape index (κ3) is 5.95. The van der Waals surface area contributed by atoms with Gasteiger partial charge < -0.3 is 21.9 Å². The van der Waals surface area contributed by atoms with Crippen LogP contribution in [0, 0.1) is 4.91 Å². The molecule has 2 aromatic rings. The number of nitrogens with two attached hydrogens (primary N) is 2. The monoisotopic (exact) mass is 594 g/mol. The number of amides is 2. The van der Waals surface area contributed by atoms with Gasteiger partial charge in [-0.15, -0.1) is 28.0 Å². The number of thioether (sulfide) groups is 3. The van der Waals surface area contributed by atoms with E-state index in [1.165, 1.54) is 40.1 Å². The van der Waals surface area contributed by atoms with Crippen molar-refractivity contribution >= 4 is 75.9 Å². The molecule has 0 aliphatic carbocycles. The lowest BCUT2D eigenvalue weighted by atomic mass is 10.0. The lowest BCUT2D eigenvalue weighted by molar-refractivity contribution is -0.150. The van der Waals surface area contributed by atoms with Crippen LogP contribution in [-0.2, 0) is 20.1 Å².